The molecule has 0 bridgehead atoms. The number of rotatable bonds is 10. The van der Waals surface area contributed by atoms with Gasteiger partial charge in [-0.05, 0) is 76.4 Å². The zero-order chi connectivity index (χ0) is 23.7. The van der Waals surface area contributed by atoms with Crippen molar-refractivity contribution in [3.8, 4) is 11.5 Å². The number of nitrogens with zero attached hydrogens (tertiary/aromatic N) is 1. The number of ether oxygens (including phenoxy) is 2. The summed E-state index contributed by atoms with van der Waals surface area (Å²) in [6, 6.07) is 14.7. The molecule has 2 amide bonds. The van der Waals surface area contributed by atoms with Gasteiger partial charge in [-0.2, -0.15) is 0 Å². The molecule has 0 radical (unpaired) electrons. The van der Waals surface area contributed by atoms with Gasteiger partial charge in [0.25, 0.3) is 0 Å². The molecule has 32 heavy (non-hydrogen) atoms. The van der Waals surface area contributed by atoms with Crippen LogP contribution in [0.15, 0.2) is 48.5 Å². The summed E-state index contributed by atoms with van der Waals surface area (Å²) in [5.74, 6) is 1.27. The normalized spacial score (nSPS) is 12.1. The average Bonchev–Trinajstić information content (AvgIpc) is 2.74. The first-order valence-corrected chi connectivity index (χ1v) is 11.0. The smallest absolute Gasteiger partial charge is 0.242 e. The van der Waals surface area contributed by atoms with Gasteiger partial charge in [-0.3, -0.25) is 9.59 Å². The number of hydrogen-bond acceptors (Lipinski definition) is 4. The first kappa shape index (κ1) is 25.2. The lowest BCUT2D eigenvalue weighted by Crippen LogP contribution is -2.52. The predicted molar refractivity (Wildman–Crippen MR) is 127 cm³/mol. The number of hydrogen-bond donors (Lipinski definition) is 1. The predicted octanol–water partition coefficient (Wildman–Crippen LogP) is 4.49. The van der Waals surface area contributed by atoms with Gasteiger partial charge in [0, 0.05) is 18.5 Å². The van der Waals surface area contributed by atoms with Gasteiger partial charge in [0.15, 0.2) is 0 Å². The van der Waals surface area contributed by atoms with Crippen molar-refractivity contribution < 1.29 is 19.1 Å². The van der Waals surface area contributed by atoms with Crippen molar-refractivity contribution in [2.75, 3.05) is 13.7 Å². The first-order valence-electron chi connectivity index (χ1n) is 11.0. The van der Waals surface area contributed by atoms with Gasteiger partial charge in [-0.15, -0.1) is 0 Å². The summed E-state index contributed by atoms with van der Waals surface area (Å²) in [7, 11) is 1.62. The maximum Gasteiger partial charge on any atom is 0.242 e. The van der Waals surface area contributed by atoms with Gasteiger partial charge in [0.1, 0.15) is 17.5 Å². The Morgan fingerprint density at radius 3 is 2.25 bits per heavy atom. The molecule has 0 saturated carbocycles. The highest BCUT2D eigenvalue weighted by Gasteiger charge is 2.28. The zero-order valence-corrected chi connectivity index (χ0v) is 20.1. The largest absolute Gasteiger partial charge is 0.497 e. The summed E-state index contributed by atoms with van der Waals surface area (Å²) in [5.41, 5.74) is 1.76. The minimum atomic E-state index is -0.580. The van der Waals surface area contributed by atoms with Crippen LogP contribution in [0.5, 0.6) is 11.5 Å². The van der Waals surface area contributed by atoms with Gasteiger partial charge in [0.2, 0.25) is 11.8 Å². The van der Waals surface area contributed by atoms with Gasteiger partial charge < -0.3 is 19.7 Å². The summed E-state index contributed by atoms with van der Waals surface area (Å²) in [6.45, 7) is 10.4. The van der Waals surface area contributed by atoms with Crippen LogP contribution in [0.25, 0.3) is 0 Å². The van der Waals surface area contributed by atoms with Gasteiger partial charge in [-0.1, -0.05) is 24.3 Å². The Balaban J connectivity index is 2.02. The Kier molecular flexibility index (Phi) is 9.12. The molecule has 2 aromatic carbocycles. The monoisotopic (exact) mass is 440 g/mol. The van der Waals surface area contributed by atoms with Crippen molar-refractivity contribution in [3.63, 3.8) is 0 Å². The number of methoxy groups -OCH3 is 1. The number of aryl methyl sites for hydroxylation is 1. The van der Waals surface area contributed by atoms with Crippen LogP contribution in [0.2, 0.25) is 0 Å². The maximum absolute atomic E-state index is 13.1. The Hall–Kier alpha value is -3.02. The summed E-state index contributed by atoms with van der Waals surface area (Å²) >= 11 is 0. The van der Waals surface area contributed by atoms with E-state index in [1.807, 2.05) is 76.2 Å². The van der Waals surface area contributed by atoms with Crippen molar-refractivity contribution in [1.82, 2.24) is 10.2 Å². The molecular formula is C26H36N2O4. The second-order valence-electron chi connectivity index (χ2n) is 8.99. The zero-order valence-electron chi connectivity index (χ0n) is 20.1. The number of carbonyl (C=O) groups excluding carboxylic acids is 2. The molecule has 0 aliphatic heterocycles. The molecule has 1 N–H and O–H groups in total. The molecule has 6 nitrogen and oxygen atoms in total. The van der Waals surface area contributed by atoms with E-state index in [0.29, 0.717) is 26.0 Å². The van der Waals surface area contributed by atoms with Crippen LogP contribution >= 0.6 is 0 Å². The lowest BCUT2D eigenvalue weighted by molar-refractivity contribution is -0.141. The Bertz CT molecular complexity index is 887. The Labute approximate surface area is 191 Å². The average molecular weight is 441 g/mol. The second kappa shape index (κ2) is 11.6. The molecule has 0 unspecified atom stereocenters. The first-order chi connectivity index (χ1) is 15.1. The van der Waals surface area contributed by atoms with Gasteiger partial charge >= 0.3 is 0 Å². The third-order valence-corrected chi connectivity index (χ3v) is 5.13. The molecule has 174 valence electrons. The van der Waals surface area contributed by atoms with E-state index in [9.17, 15) is 9.59 Å². The molecule has 0 aliphatic carbocycles. The molecule has 1 atom stereocenters. The highest BCUT2D eigenvalue weighted by molar-refractivity contribution is 5.87. The van der Waals surface area contributed by atoms with E-state index in [1.54, 1.807) is 18.9 Å². The van der Waals surface area contributed by atoms with Gasteiger partial charge in [-0.25, -0.2) is 0 Å². The molecule has 2 aromatic rings. The molecule has 0 saturated heterocycles. The van der Waals surface area contributed by atoms with Crippen LogP contribution in [-0.4, -0.2) is 42.0 Å². The maximum atomic E-state index is 13.1. The van der Waals surface area contributed by atoms with E-state index < -0.39 is 6.04 Å². The standard InChI is InChI=1S/C26H36N2O4/c1-19-10-7-8-11-21(19)18-28(20(2)25(30)27-26(3,4)5)24(29)12-9-17-32-23-15-13-22(31-6)14-16-23/h7-8,10-11,13-16,20H,9,12,17-18H2,1-6H3,(H,27,30)/t20-/m1/s1. The number of benzene rings is 2. The molecule has 0 spiro atoms. The number of amides is 2. The number of nitrogens with one attached hydrogen (secondary N) is 1. The number of carbonyl (C=O) groups is 2. The lowest BCUT2D eigenvalue weighted by Gasteiger charge is -2.32. The Morgan fingerprint density at radius 2 is 1.66 bits per heavy atom. The van der Waals surface area contributed by atoms with Crippen molar-refractivity contribution in [2.45, 2.75) is 65.6 Å². The van der Waals surface area contributed by atoms with E-state index >= 15 is 0 Å². The van der Waals surface area contributed by atoms with Crippen LogP contribution in [0.4, 0.5) is 0 Å². The molecular weight excluding hydrogens is 404 g/mol. The van der Waals surface area contributed by atoms with E-state index in [4.69, 9.17) is 9.47 Å². The third kappa shape index (κ3) is 7.91. The van der Waals surface area contributed by atoms with Gasteiger partial charge in [0.05, 0.1) is 13.7 Å². The minimum absolute atomic E-state index is 0.0665. The molecule has 0 aliphatic rings. The fourth-order valence-electron chi connectivity index (χ4n) is 3.26. The fraction of sp³-hybridized carbons (Fsp3) is 0.462. The van der Waals surface area contributed by atoms with Crippen LogP contribution in [0, 0.1) is 6.92 Å². The molecule has 6 heteroatoms. The molecule has 0 aromatic heterocycles. The van der Waals surface area contributed by atoms with E-state index in [0.717, 1.165) is 22.6 Å². The van der Waals surface area contributed by atoms with Crippen LogP contribution in [-0.2, 0) is 16.1 Å². The van der Waals surface area contributed by atoms with Crippen LogP contribution in [0.3, 0.4) is 0 Å². The molecule has 0 fully saturated rings. The second-order valence-corrected chi connectivity index (χ2v) is 8.99. The topological polar surface area (TPSA) is 67.9 Å². The third-order valence-electron chi connectivity index (χ3n) is 5.13. The van der Waals surface area contributed by atoms with Crippen LogP contribution < -0.4 is 14.8 Å². The van der Waals surface area contributed by atoms with Crippen LogP contribution in [0.1, 0.15) is 51.7 Å². The van der Waals surface area contributed by atoms with E-state index in [2.05, 4.69) is 5.32 Å². The fourth-order valence-corrected chi connectivity index (χ4v) is 3.26. The SMILES string of the molecule is COc1ccc(OCCCC(=O)N(Cc2ccccc2C)[C@H](C)C(=O)NC(C)(C)C)cc1. The summed E-state index contributed by atoms with van der Waals surface area (Å²) < 4.78 is 10.9. The van der Waals surface area contributed by atoms with Crippen molar-refractivity contribution in [1.29, 1.82) is 0 Å². The Morgan fingerprint density at radius 1 is 1.03 bits per heavy atom. The minimum Gasteiger partial charge on any atom is -0.497 e. The van der Waals surface area contributed by atoms with Crippen molar-refractivity contribution in [2.24, 2.45) is 0 Å². The van der Waals surface area contributed by atoms with Crippen molar-refractivity contribution >= 4 is 11.8 Å². The van der Waals surface area contributed by atoms with Crippen molar-refractivity contribution in [3.05, 3.63) is 59.7 Å². The highest BCUT2D eigenvalue weighted by atomic mass is 16.5. The summed E-state index contributed by atoms with van der Waals surface area (Å²) in [5, 5.41) is 2.98. The highest BCUT2D eigenvalue weighted by Crippen LogP contribution is 2.18. The van der Waals surface area contributed by atoms with E-state index in [-0.39, 0.29) is 17.4 Å². The molecule has 0 heterocycles. The summed E-state index contributed by atoms with van der Waals surface area (Å²) in [4.78, 5) is 27.6. The lowest BCUT2D eigenvalue weighted by atomic mass is 10.1. The molecule has 2 rings (SSSR count). The van der Waals surface area contributed by atoms with E-state index in [1.165, 1.54) is 0 Å². The quantitative estimate of drug-likeness (QED) is 0.553. The summed E-state index contributed by atoms with van der Waals surface area (Å²) in [6.07, 6.45) is 0.859.